The lowest BCUT2D eigenvalue weighted by atomic mass is 9.86. The fourth-order valence-corrected chi connectivity index (χ4v) is 4.80. The van der Waals surface area contributed by atoms with Gasteiger partial charge in [-0.2, -0.15) is 8.78 Å². The Morgan fingerprint density at radius 2 is 2.15 bits per heavy atom. The molecule has 1 saturated heterocycles. The van der Waals surface area contributed by atoms with E-state index in [1.54, 1.807) is 23.1 Å². The lowest BCUT2D eigenvalue weighted by Crippen LogP contribution is -2.56. The molecule has 3 atom stereocenters. The maximum Gasteiger partial charge on any atom is 0.388 e. The molecule has 0 saturated carbocycles. The Morgan fingerprint density at radius 3 is 2.79 bits per heavy atom. The first-order valence-electron chi connectivity index (χ1n) is 10.9. The number of hydrogen-bond acceptors (Lipinski definition) is 7. The van der Waals surface area contributed by atoms with Gasteiger partial charge in [-0.15, -0.1) is 0 Å². The van der Waals surface area contributed by atoms with Crippen LogP contribution in [-0.4, -0.2) is 47.1 Å². The van der Waals surface area contributed by atoms with Crippen molar-refractivity contribution in [2.75, 3.05) is 11.9 Å². The Kier molecular flexibility index (Phi) is 6.90. The molecule has 2 aromatic rings. The number of ether oxygens (including phenoxy) is 2. The van der Waals surface area contributed by atoms with Crippen LogP contribution in [-0.2, 0) is 15.1 Å². The number of alkyl halides is 2. The van der Waals surface area contributed by atoms with Gasteiger partial charge in [-0.25, -0.2) is 9.98 Å². The van der Waals surface area contributed by atoms with Crippen LogP contribution >= 0.6 is 11.6 Å². The molecule has 0 radical (unpaired) electrons. The summed E-state index contributed by atoms with van der Waals surface area (Å²) in [6, 6.07) is 8.18. The zero-order valence-electron chi connectivity index (χ0n) is 18.8. The van der Waals surface area contributed by atoms with Crippen molar-refractivity contribution in [1.82, 2.24) is 9.88 Å². The number of amides is 1. The molecule has 1 amide bonds. The van der Waals surface area contributed by atoms with Gasteiger partial charge in [0.2, 0.25) is 11.8 Å². The lowest BCUT2D eigenvalue weighted by Gasteiger charge is -2.41. The molecule has 2 aliphatic heterocycles. The van der Waals surface area contributed by atoms with E-state index < -0.39 is 12.2 Å². The number of nitrogens with zero attached hydrogens (tertiary/aromatic N) is 3. The monoisotopic (exact) mass is 493 g/mol. The summed E-state index contributed by atoms with van der Waals surface area (Å²) in [5.74, 6) is -0.129. The molecule has 34 heavy (non-hydrogen) atoms. The van der Waals surface area contributed by atoms with Gasteiger partial charge in [-0.3, -0.25) is 9.69 Å². The van der Waals surface area contributed by atoms with Crippen LogP contribution in [0.3, 0.4) is 0 Å². The van der Waals surface area contributed by atoms with Gasteiger partial charge in [-0.05, 0) is 38.8 Å². The highest BCUT2D eigenvalue weighted by Gasteiger charge is 2.42. The number of aliphatic imine (C=N–C) groups is 1. The average molecular weight is 494 g/mol. The van der Waals surface area contributed by atoms with Gasteiger partial charge in [0.05, 0.1) is 40.7 Å². The topological polar surface area (TPSA) is 102 Å². The van der Waals surface area contributed by atoms with Gasteiger partial charge >= 0.3 is 6.61 Å². The number of carbonyl (C=O) groups excluding carboxylic acids is 1. The highest BCUT2D eigenvalue weighted by Crippen LogP contribution is 2.41. The zero-order chi connectivity index (χ0) is 24.5. The highest BCUT2D eigenvalue weighted by molar-refractivity contribution is 6.34. The third-order valence-corrected chi connectivity index (χ3v) is 6.41. The van der Waals surface area contributed by atoms with Crippen LogP contribution in [0.2, 0.25) is 5.02 Å². The van der Waals surface area contributed by atoms with Crippen molar-refractivity contribution < 1.29 is 23.0 Å². The molecule has 11 heteroatoms. The van der Waals surface area contributed by atoms with Crippen molar-refractivity contribution in [1.29, 1.82) is 0 Å². The number of nitrogens with two attached hydrogens (primary N) is 1. The summed E-state index contributed by atoms with van der Waals surface area (Å²) < 4.78 is 34.5. The van der Waals surface area contributed by atoms with Crippen LogP contribution < -0.4 is 15.8 Å². The fourth-order valence-electron chi connectivity index (χ4n) is 4.42. The number of aromatic nitrogens is 1. The molecule has 4 rings (SSSR count). The summed E-state index contributed by atoms with van der Waals surface area (Å²) in [5.41, 5.74) is 7.06. The maximum absolute atomic E-state index is 13.2. The molecule has 0 bridgehead atoms. The van der Waals surface area contributed by atoms with E-state index in [-0.39, 0.29) is 36.3 Å². The molecule has 1 aromatic heterocycles. The van der Waals surface area contributed by atoms with E-state index in [1.807, 2.05) is 19.9 Å². The molecule has 0 aliphatic carbocycles. The summed E-state index contributed by atoms with van der Waals surface area (Å²) in [5, 5.41) is 3.48. The van der Waals surface area contributed by atoms with Crippen molar-refractivity contribution in [2.45, 2.75) is 57.4 Å². The largest absolute Gasteiger partial charge is 0.417 e. The minimum absolute atomic E-state index is 0.0439. The normalized spacial score (nSPS) is 25.3. The number of pyridine rings is 1. The van der Waals surface area contributed by atoms with Crippen molar-refractivity contribution in [3.8, 4) is 5.88 Å². The van der Waals surface area contributed by atoms with Crippen LogP contribution in [0.1, 0.15) is 38.7 Å². The van der Waals surface area contributed by atoms with E-state index in [0.29, 0.717) is 41.4 Å². The number of rotatable bonds is 6. The Labute approximate surface area is 201 Å². The highest BCUT2D eigenvalue weighted by atomic mass is 35.5. The van der Waals surface area contributed by atoms with E-state index in [2.05, 4.69) is 15.0 Å². The first-order chi connectivity index (χ1) is 16.2. The predicted molar refractivity (Wildman–Crippen MR) is 124 cm³/mol. The zero-order valence-corrected chi connectivity index (χ0v) is 19.6. The van der Waals surface area contributed by atoms with Gasteiger partial charge < -0.3 is 20.5 Å². The number of nitrogens with one attached hydrogen (secondary N) is 1. The second-order valence-electron chi connectivity index (χ2n) is 8.60. The molecule has 8 nitrogen and oxygen atoms in total. The van der Waals surface area contributed by atoms with E-state index in [9.17, 15) is 13.6 Å². The molecular formula is C23H26ClF2N5O3. The van der Waals surface area contributed by atoms with Gasteiger partial charge in [0.25, 0.3) is 0 Å². The fraction of sp³-hybridized carbons (Fsp3) is 0.435. The van der Waals surface area contributed by atoms with E-state index in [1.165, 1.54) is 12.3 Å². The molecule has 0 unspecified atom stereocenters. The SMILES string of the molecule is C[C@@H]1C[C@@H](N2C(=O)C[C@@](C)(c3cccc(Nc4ccc(OC(F)F)nc4)c3Cl)N=C2N)CCO1. The lowest BCUT2D eigenvalue weighted by molar-refractivity contribution is -0.133. The maximum atomic E-state index is 13.2. The minimum atomic E-state index is -2.95. The summed E-state index contributed by atoms with van der Waals surface area (Å²) in [6.07, 6.45) is 2.93. The third-order valence-electron chi connectivity index (χ3n) is 6.00. The Bertz CT molecular complexity index is 1080. The second-order valence-corrected chi connectivity index (χ2v) is 8.98. The first kappa shape index (κ1) is 24.2. The standard InChI is InChI=1S/C23H26ClF2N5O3/c1-13-10-15(8-9-33-13)31-19(32)11-23(2,30-22(31)27)16-4-3-5-17(20(16)24)29-14-6-7-18(28-12-14)34-21(25)26/h3-7,12-13,15,21,29H,8-11H2,1-2H3,(H2,27,30)/t13-,15+,23+/m1/s1. The molecule has 0 spiro atoms. The quantitative estimate of drug-likeness (QED) is 0.618. The molecular weight excluding hydrogens is 468 g/mol. The summed E-state index contributed by atoms with van der Waals surface area (Å²) in [4.78, 5) is 23.3. The van der Waals surface area contributed by atoms with Crippen molar-refractivity contribution in [3.63, 3.8) is 0 Å². The van der Waals surface area contributed by atoms with E-state index in [0.717, 1.165) is 0 Å². The van der Waals surface area contributed by atoms with Crippen LogP contribution in [0.5, 0.6) is 5.88 Å². The minimum Gasteiger partial charge on any atom is -0.417 e. The average Bonchev–Trinajstić information content (AvgIpc) is 2.75. The molecule has 182 valence electrons. The number of guanidine groups is 1. The molecule has 1 aromatic carbocycles. The molecule has 1 fully saturated rings. The van der Waals surface area contributed by atoms with Crippen LogP contribution in [0, 0.1) is 0 Å². The van der Waals surface area contributed by atoms with Crippen LogP contribution in [0.4, 0.5) is 20.2 Å². The van der Waals surface area contributed by atoms with Gasteiger partial charge in [0.15, 0.2) is 5.96 Å². The van der Waals surface area contributed by atoms with Gasteiger partial charge in [-0.1, -0.05) is 23.7 Å². The second kappa shape index (κ2) is 9.71. The number of hydrogen-bond donors (Lipinski definition) is 2. The molecule has 2 aliphatic rings. The Morgan fingerprint density at radius 1 is 1.35 bits per heavy atom. The smallest absolute Gasteiger partial charge is 0.388 e. The Hall–Kier alpha value is -2.98. The van der Waals surface area contributed by atoms with Crippen LogP contribution in [0.25, 0.3) is 0 Å². The molecule has 3 N–H and O–H groups in total. The number of benzene rings is 1. The van der Waals surface area contributed by atoms with E-state index in [4.69, 9.17) is 27.1 Å². The van der Waals surface area contributed by atoms with Crippen LogP contribution in [0.15, 0.2) is 41.5 Å². The number of halogens is 3. The van der Waals surface area contributed by atoms with Gasteiger partial charge in [0, 0.05) is 24.3 Å². The first-order valence-corrected chi connectivity index (χ1v) is 11.3. The summed E-state index contributed by atoms with van der Waals surface area (Å²) >= 11 is 6.72. The summed E-state index contributed by atoms with van der Waals surface area (Å²) in [6.45, 7) is 1.43. The molecule has 3 heterocycles. The summed E-state index contributed by atoms with van der Waals surface area (Å²) in [7, 11) is 0. The van der Waals surface area contributed by atoms with Gasteiger partial charge in [0.1, 0.15) is 0 Å². The number of anilines is 2. The third kappa shape index (κ3) is 5.07. The Balaban J connectivity index is 1.57. The van der Waals surface area contributed by atoms with Crippen molar-refractivity contribution in [3.05, 3.63) is 47.1 Å². The van der Waals surface area contributed by atoms with E-state index >= 15 is 0 Å². The number of carbonyl (C=O) groups is 1. The van der Waals surface area contributed by atoms with Crippen molar-refractivity contribution >= 4 is 34.8 Å². The predicted octanol–water partition coefficient (Wildman–Crippen LogP) is 4.41. The van der Waals surface area contributed by atoms with Crippen molar-refractivity contribution in [2.24, 2.45) is 10.7 Å².